The standard InChI is InChI=1S/C24H27ClN4O2/c1-17(2)14-22(28-23(30)18-8-10-21(25)11-9-18)24(31)26-15-19-6-3-4-7-20(19)16-29-13-5-12-27-29/h3-13,17,22H,14-16H2,1-2H3,(H,26,31)(H,28,30). The highest BCUT2D eigenvalue weighted by Gasteiger charge is 2.22. The third kappa shape index (κ3) is 6.69. The van der Waals surface area contributed by atoms with E-state index < -0.39 is 6.04 Å². The Bertz CT molecular complexity index is 1000. The molecule has 0 saturated heterocycles. The zero-order valence-corrected chi connectivity index (χ0v) is 18.5. The first kappa shape index (κ1) is 22.6. The summed E-state index contributed by atoms with van der Waals surface area (Å²) in [6.45, 7) is 5.05. The second kappa shape index (κ2) is 10.8. The molecular formula is C24H27ClN4O2. The maximum absolute atomic E-state index is 12.9. The summed E-state index contributed by atoms with van der Waals surface area (Å²) in [5.41, 5.74) is 2.56. The predicted octanol–water partition coefficient (Wildman–Crippen LogP) is 4.05. The fraction of sp³-hybridized carbons (Fsp3) is 0.292. The van der Waals surface area contributed by atoms with Gasteiger partial charge in [0.05, 0.1) is 6.54 Å². The van der Waals surface area contributed by atoms with Crippen molar-refractivity contribution >= 4 is 23.4 Å². The van der Waals surface area contributed by atoms with Crippen LogP contribution in [0.5, 0.6) is 0 Å². The molecule has 1 heterocycles. The average Bonchev–Trinajstić information content (AvgIpc) is 3.25. The van der Waals surface area contributed by atoms with E-state index in [4.69, 9.17) is 11.6 Å². The van der Waals surface area contributed by atoms with Crippen molar-refractivity contribution in [2.45, 2.75) is 39.4 Å². The van der Waals surface area contributed by atoms with Gasteiger partial charge in [0, 0.05) is 29.5 Å². The van der Waals surface area contributed by atoms with Gasteiger partial charge < -0.3 is 10.6 Å². The van der Waals surface area contributed by atoms with Crippen LogP contribution in [0.3, 0.4) is 0 Å². The molecule has 1 aromatic heterocycles. The molecule has 3 rings (SSSR count). The molecule has 162 valence electrons. The fourth-order valence-corrected chi connectivity index (χ4v) is 3.43. The van der Waals surface area contributed by atoms with Crippen molar-refractivity contribution in [2.24, 2.45) is 5.92 Å². The molecule has 0 fully saturated rings. The molecule has 1 atom stereocenters. The van der Waals surface area contributed by atoms with E-state index in [1.165, 1.54) is 0 Å². The molecule has 0 spiro atoms. The van der Waals surface area contributed by atoms with Crippen LogP contribution in [0.15, 0.2) is 67.0 Å². The maximum atomic E-state index is 12.9. The van der Waals surface area contributed by atoms with E-state index in [-0.39, 0.29) is 17.7 Å². The van der Waals surface area contributed by atoms with Crippen molar-refractivity contribution in [3.05, 3.63) is 88.7 Å². The van der Waals surface area contributed by atoms with Gasteiger partial charge in [0.2, 0.25) is 5.91 Å². The molecule has 2 N–H and O–H groups in total. The molecule has 6 nitrogen and oxygen atoms in total. The molecular weight excluding hydrogens is 412 g/mol. The summed E-state index contributed by atoms with van der Waals surface area (Å²) in [5.74, 6) is -0.255. The minimum atomic E-state index is -0.624. The summed E-state index contributed by atoms with van der Waals surface area (Å²) in [7, 11) is 0. The van der Waals surface area contributed by atoms with Crippen molar-refractivity contribution in [3.8, 4) is 0 Å². The van der Waals surface area contributed by atoms with Crippen LogP contribution in [0, 0.1) is 5.92 Å². The summed E-state index contributed by atoms with van der Waals surface area (Å²) in [6, 6.07) is 15.8. The van der Waals surface area contributed by atoms with E-state index in [2.05, 4.69) is 15.7 Å². The lowest BCUT2D eigenvalue weighted by atomic mass is 10.0. The molecule has 1 unspecified atom stereocenters. The average molecular weight is 439 g/mol. The van der Waals surface area contributed by atoms with E-state index in [0.29, 0.717) is 30.1 Å². The van der Waals surface area contributed by atoms with Gasteiger partial charge in [0.15, 0.2) is 0 Å². The molecule has 0 bridgehead atoms. The van der Waals surface area contributed by atoms with Gasteiger partial charge in [-0.25, -0.2) is 0 Å². The van der Waals surface area contributed by atoms with Crippen LogP contribution in [-0.4, -0.2) is 27.6 Å². The summed E-state index contributed by atoms with van der Waals surface area (Å²) in [4.78, 5) is 25.6. The maximum Gasteiger partial charge on any atom is 0.251 e. The topological polar surface area (TPSA) is 76.0 Å². The van der Waals surface area contributed by atoms with E-state index in [1.54, 1.807) is 30.5 Å². The third-order valence-electron chi connectivity index (χ3n) is 4.90. The number of halogens is 1. The Hall–Kier alpha value is -3.12. The number of benzene rings is 2. The number of nitrogens with zero attached hydrogens (tertiary/aromatic N) is 2. The molecule has 2 aromatic carbocycles. The van der Waals surface area contributed by atoms with Crippen LogP contribution in [0.1, 0.15) is 41.8 Å². The third-order valence-corrected chi connectivity index (χ3v) is 5.15. The molecule has 3 aromatic rings. The van der Waals surface area contributed by atoms with Crippen LogP contribution in [0.2, 0.25) is 5.02 Å². The Kier molecular flexibility index (Phi) is 7.84. The predicted molar refractivity (Wildman–Crippen MR) is 122 cm³/mol. The summed E-state index contributed by atoms with van der Waals surface area (Å²) in [5, 5.41) is 10.7. The molecule has 2 amide bonds. The largest absolute Gasteiger partial charge is 0.350 e. The number of hydrogen-bond acceptors (Lipinski definition) is 3. The number of hydrogen-bond donors (Lipinski definition) is 2. The lowest BCUT2D eigenvalue weighted by molar-refractivity contribution is -0.123. The van der Waals surface area contributed by atoms with Gasteiger partial charge in [0.25, 0.3) is 5.91 Å². The van der Waals surface area contributed by atoms with Crippen LogP contribution >= 0.6 is 11.6 Å². The van der Waals surface area contributed by atoms with E-state index in [0.717, 1.165) is 11.1 Å². The van der Waals surface area contributed by atoms with Crippen molar-refractivity contribution in [1.82, 2.24) is 20.4 Å². The summed E-state index contributed by atoms with van der Waals surface area (Å²) >= 11 is 5.90. The second-order valence-corrected chi connectivity index (χ2v) is 8.29. The lowest BCUT2D eigenvalue weighted by Crippen LogP contribution is -2.47. The van der Waals surface area contributed by atoms with Crippen LogP contribution in [0.25, 0.3) is 0 Å². The number of carbonyl (C=O) groups excluding carboxylic acids is 2. The number of nitrogens with one attached hydrogen (secondary N) is 2. The number of amides is 2. The zero-order chi connectivity index (χ0) is 22.2. The van der Waals surface area contributed by atoms with Crippen LogP contribution in [-0.2, 0) is 17.9 Å². The van der Waals surface area contributed by atoms with Crippen molar-refractivity contribution in [2.75, 3.05) is 0 Å². The SMILES string of the molecule is CC(C)CC(NC(=O)c1ccc(Cl)cc1)C(=O)NCc1ccccc1Cn1cccn1. The Morgan fingerprint density at radius 3 is 2.39 bits per heavy atom. The Morgan fingerprint density at radius 1 is 1.03 bits per heavy atom. The molecule has 0 aliphatic rings. The minimum Gasteiger partial charge on any atom is -0.350 e. The molecule has 0 aliphatic carbocycles. The van der Waals surface area contributed by atoms with Crippen LogP contribution < -0.4 is 10.6 Å². The number of carbonyl (C=O) groups is 2. The van der Waals surface area contributed by atoms with Crippen molar-refractivity contribution < 1.29 is 9.59 Å². The first-order valence-corrected chi connectivity index (χ1v) is 10.7. The van der Waals surface area contributed by atoms with E-state index >= 15 is 0 Å². The Labute approximate surface area is 187 Å². The number of aromatic nitrogens is 2. The Balaban J connectivity index is 1.66. The van der Waals surface area contributed by atoms with Gasteiger partial charge in [-0.3, -0.25) is 14.3 Å². The van der Waals surface area contributed by atoms with Gasteiger partial charge in [0.1, 0.15) is 6.04 Å². The second-order valence-electron chi connectivity index (χ2n) is 7.85. The van der Waals surface area contributed by atoms with Gasteiger partial charge in [-0.1, -0.05) is 49.7 Å². The van der Waals surface area contributed by atoms with Crippen molar-refractivity contribution in [3.63, 3.8) is 0 Å². The van der Waals surface area contributed by atoms with E-state index in [1.807, 2.05) is 55.1 Å². The summed E-state index contributed by atoms with van der Waals surface area (Å²) < 4.78 is 1.84. The van der Waals surface area contributed by atoms with Gasteiger partial charge in [-0.2, -0.15) is 5.10 Å². The highest BCUT2D eigenvalue weighted by Crippen LogP contribution is 2.13. The fourth-order valence-electron chi connectivity index (χ4n) is 3.30. The summed E-state index contributed by atoms with van der Waals surface area (Å²) in [6.07, 6.45) is 4.19. The van der Waals surface area contributed by atoms with Gasteiger partial charge >= 0.3 is 0 Å². The Morgan fingerprint density at radius 2 is 1.74 bits per heavy atom. The first-order chi connectivity index (χ1) is 14.9. The minimum absolute atomic E-state index is 0.204. The normalized spacial score (nSPS) is 11.9. The first-order valence-electron chi connectivity index (χ1n) is 10.3. The number of rotatable bonds is 9. The lowest BCUT2D eigenvalue weighted by Gasteiger charge is -2.21. The van der Waals surface area contributed by atoms with Crippen molar-refractivity contribution in [1.29, 1.82) is 0 Å². The molecule has 7 heteroatoms. The smallest absolute Gasteiger partial charge is 0.251 e. The van der Waals surface area contributed by atoms with Crippen LogP contribution in [0.4, 0.5) is 0 Å². The van der Waals surface area contributed by atoms with E-state index in [9.17, 15) is 9.59 Å². The molecule has 0 saturated carbocycles. The highest BCUT2D eigenvalue weighted by atomic mass is 35.5. The van der Waals surface area contributed by atoms with Gasteiger partial charge in [-0.05, 0) is 53.8 Å². The molecule has 0 aliphatic heterocycles. The van der Waals surface area contributed by atoms with Gasteiger partial charge in [-0.15, -0.1) is 0 Å². The zero-order valence-electron chi connectivity index (χ0n) is 17.7. The monoisotopic (exact) mass is 438 g/mol. The quantitative estimate of drug-likeness (QED) is 0.529. The molecule has 0 radical (unpaired) electrons. The molecule has 31 heavy (non-hydrogen) atoms. The highest BCUT2D eigenvalue weighted by molar-refractivity contribution is 6.30.